The summed E-state index contributed by atoms with van der Waals surface area (Å²) in [6.07, 6.45) is -1.26. The van der Waals surface area contributed by atoms with Gasteiger partial charge in [-0.2, -0.15) is 0 Å². The Morgan fingerprint density at radius 2 is 1.73 bits per heavy atom. The van der Waals surface area contributed by atoms with E-state index in [1.165, 1.54) is 14.0 Å². The van der Waals surface area contributed by atoms with Gasteiger partial charge in [-0.25, -0.2) is 4.79 Å². The normalized spacial score (nSPS) is 11.2. The number of urea groups is 1. The van der Waals surface area contributed by atoms with Crippen LogP contribution in [0.1, 0.15) is 30.1 Å². The summed E-state index contributed by atoms with van der Waals surface area (Å²) < 4.78 is 4.86. The zero-order valence-electron chi connectivity index (χ0n) is 12.4. The Balaban J connectivity index is 2.38. The van der Waals surface area contributed by atoms with Gasteiger partial charge in [0.05, 0.1) is 6.42 Å². The number of carbonyl (C=O) groups excluding carboxylic acids is 4. The lowest BCUT2D eigenvalue weighted by atomic mass is 10.1. The van der Waals surface area contributed by atoms with Crippen LogP contribution in [-0.4, -0.2) is 36.8 Å². The van der Waals surface area contributed by atoms with Crippen molar-refractivity contribution in [3.05, 3.63) is 35.9 Å². The van der Waals surface area contributed by atoms with Crippen molar-refractivity contribution in [2.75, 3.05) is 7.05 Å². The van der Waals surface area contributed by atoms with Gasteiger partial charge in [-0.05, 0) is 6.92 Å². The van der Waals surface area contributed by atoms with Crippen molar-refractivity contribution in [1.29, 1.82) is 0 Å². The van der Waals surface area contributed by atoms with E-state index in [2.05, 4.69) is 5.32 Å². The highest BCUT2D eigenvalue weighted by molar-refractivity contribution is 5.98. The molecule has 7 heteroatoms. The summed E-state index contributed by atoms with van der Waals surface area (Å²) in [6.45, 7) is 1.34. The molecule has 0 aliphatic rings. The first-order valence-corrected chi connectivity index (χ1v) is 6.74. The van der Waals surface area contributed by atoms with Gasteiger partial charge in [0.25, 0.3) is 5.91 Å². The Morgan fingerprint density at radius 1 is 1.09 bits per heavy atom. The van der Waals surface area contributed by atoms with Crippen molar-refractivity contribution >= 4 is 23.7 Å². The van der Waals surface area contributed by atoms with E-state index in [9.17, 15) is 19.2 Å². The van der Waals surface area contributed by atoms with Gasteiger partial charge in [0.15, 0.2) is 11.9 Å². The van der Waals surface area contributed by atoms with Gasteiger partial charge in [0.1, 0.15) is 0 Å². The predicted molar refractivity (Wildman–Crippen MR) is 78.2 cm³/mol. The van der Waals surface area contributed by atoms with Gasteiger partial charge in [-0.1, -0.05) is 30.3 Å². The maximum Gasteiger partial charge on any atom is 0.321 e. The number of amides is 3. The molecule has 118 valence electrons. The molecule has 2 N–H and O–H groups in total. The van der Waals surface area contributed by atoms with Crippen LogP contribution in [0.5, 0.6) is 0 Å². The van der Waals surface area contributed by atoms with E-state index >= 15 is 0 Å². The van der Waals surface area contributed by atoms with Crippen molar-refractivity contribution < 1.29 is 23.9 Å². The van der Waals surface area contributed by atoms with E-state index in [-0.39, 0.29) is 18.6 Å². The highest BCUT2D eigenvalue weighted by Gasteiger charge is 2.20. The van der Waals surface area contributed by atoms with Gasteiger partial charge in [-0.15, -0.1) is 0 Å². The van der Waals surface area contributed by atoms with Crippen LogP contribution >= 0.6 is 0 Å². The molecule has 1 atom stereocenters. The molecule has 0 aromatic heterocycles. The van der Waals surface area contributed by atoms with Crippen LogP contribution in [0.15, 0.2) is 30.3 Å². The fourth-order valence-electron chi connectivity index (χ4n) is 1.57. The van der Waals surface area contributed by atoms with Gasteiger partial charge in [-0.3, -0.25) is 19.7 Å². The highest BCUT2D eigenvalue weighted by Crippen LogP contribution is 2.06. The van der Waals surface area contributed by atoms with Crippen molar-refractivity contribution in [2.45, 2.75) is 25.9 Å². The molecule has 0 saturated carbocycles. The Morgan fingerprint density at radius 3 is 2.32 bits per heavy atom. The molecule has 0 heterocycles. The lowest BCUT2D eigenvalue weighted by molar-refractivity contribution is -0.154. The number of Topliss-reactive ketones (excluding diaryl/α,β-unsaturated/α-hetero) is 1. The number of rotatable bonds is 6. The minimum Gasteiger partial charge on any atom is -0.453 e. The van der Waals surface area contributed by atoms with E-state index in [1.807, 2.05) is 5.32 Å². The Kier molecular flexibility index (Phi) is 6.75. The number of benzene rings is 1. The lowest BCUT2D eigenvalue weighted by Crippen LogP contribution is -2.43. The van der Waals surface area contributed by atoms with Crippen molar-refractivity contribution in [1.82, 2.24) is 10.6 Å². The summed E-state index contributed by atoms with van der Waals surface area (Å²) in [4.78, 5) is 45.9. The van der Waals surface area contributed by atoms with Crippen molar-refractivity contribution in [3.8, 4) is 0 Å². The first-order valence-electron chi connectivity index (χ1n) is 6.74. The smallest absolute Gasteiger partial charge is 0.321 e. The molecular weight excluding hydrogens is 288 g/mol. The lowest BCUT2D eigenvalue weighted by Gasteiger charge is -2.12. The molecule has 3 amide bonds. The zero-order valence-corrected chi connectivity index (χ0v) is 12.4. The van der Waals surface area contributed by atoms with Crippen LogP contribution in [0.3, 0.4) is 0 Å². The van der Waals surface area contributed by atoms with Crippen molar-refractivity contribution in [2.24, 2.45) is 0 Å². The fourth-order valence-corrected chi connectivity index (χ4v) is 1.57. The van der Waals surface area contributed by atoms with Gasteiger partial charge >= 0.3 is 12.0 Å². The molecule has 0 saturated heterocycles. The minimum absolute atomic E-state index is 0.00731. The molecule has 0 fully saturated rings. The molecule has 0 radical (unpaired) electrons. The predicted octanol–water partition coefficient (Wildman–Crippen LogP) is 1.04. The second-order valence-electron chi connectivity index (χ2n) is 4.49. The van der Waals surface area contributed by atoms with Crippen LogP contribution in [0, 0.1) is 0 Å². The third-order valence-electron chi connectivity index (χ3n) is 2.79. The summed E-state index contributed by atoms with van der Waals surface area (Å²) in [5.74, 6) is -1.59. The fraction of sp³-hybridized carbons (Fsp3) is 0.333. The van der Waals surface area contributed by atoms with E-state index < -0.39 is 24.0 Å². The number of ether oxygens (including phenoxy) is 1. The molecule has 0 spiro atoms. The molecular formula is C15H18N2O5. The Labute approximate surface area is 128 Å². The quantitative estimate of drug-likeness (QED) is 0.604. The molecule has 1 rings (SSSR count). The maximum absolute atomic E-state index is 11.8. The molecule has 0 aliphatic heterocycles. The number of ketones is 1. The third-order valence-corrected chi connectivity index (χ3v) is 2.79. The number of esters is 1. The Hall–Kier alpha value is -2.70. The standard InChI is InChI=1S/C15H18N2O5/c1-10(14(20)17-15(21)16-2)22-13(19)9-8-12(18)11-6-4-3-5-7-11/h3-7,10H,8-9H2,1-2H3,(H2,16,17,20,21)/t10-/m1/s1. The monoisotopic (exact) mass is 306 g/mol. The number of carbonyl (C=O) groups is 4. The van der Waals surface area contributed by atoms with Crippen LogP contribution in [0.4, 0.5) is 4.79 Å². The Bertz CT molecular complexity index is 556. The summed E-state index contributed by atoms with van der Waals surface area (Å²) in [7, 11) is 1.36. The van der Waals surface area contributed by atoms with E-state index in [0.717, 1.165) is 0 Å². The van der Waals surface area contributed by atoms with Crippen LogP contribution in [-0.2, 0) is 14.3 Å². The second kappa shape index (κ2) is 8.56. The first kappa shape index (κ1) is 17.4. The van der Waals surface area contributed by atoms with Gasteiger partial charge in [0.2, 0.25) is 0 Å². The second-order valence-corrected chi connectivity index (χ2v) is 4.49. The molecule has 1 aromatic rings. The SMILES string of the molecule is CNC(=O)NC(=O)[C@@H](C)OC(=O)CCC(=O)c1ccccc1. The number of imide groups is 1. The van der Waals surface area contributed by atoms with Gasteiger partial charge < -0.3 is 10.1 Å². The average Bonchev–Trinajstić information content (AvgIpc) is 2.53. The van der Waals surface area contributed by atoms with Crippen LogP contribution < -0.4 is 10.6 Å². The summed E-state index contributed by atoms with van der Waals surface area (Å²) >= 11 is 0. The number of hydrogen-bond donors (Lipinski definition) is 2. The van der Waals surface area contributed by atoms with E-state index in [0.29, 0.717) is 5.56 Å². The molecule has 0 unspecified atom stereocenters. The van der Waals surface area contributed by atoms with Gasteiger partial charge in [0, 0.05) is 19.0 Å². The third kappa shape index (κ3) is 5.74. The molecule has 0 aliphatic carbocycles. The van der Waals surface area contributed by atoms with Crippen LogP contribution in [0.25, 0.3) is 0 Å². The molecule has 0 bridgehead atoms. The topological polar surface area (TPSA) is 102 Å². The molecule has 22 heavy (non-hydrogen) atoms. The molecule has 7 nitrogen and oxygen atoms in total. The zero-order chi connectivity index (χ0) is 16.5. The largest absolute Gasteiger partial charge is 0.453 e. The van der Waals surface area contributed by atoms with Crippen molar-refractivity contribution in [3.63, 3.8) is 0 Å². The van der Waals surface area contributed by atoms with Crippen LogP contribution in [0.2, 0.25) is 0 Å². The number of hydrogen-bond acceptors (Lipinski definition) is 5. The summed E-state index contributed by atoms with van der Waals surface area (Å²) in [5.41, 5.74) is 0.515. The summed E-state index contributed by atoms with van der Waals surface area (Å²) in [5, 5.41) is 4.20. The van der Waals surface area contributed by atoms with E-state index in [1.54, 1.807) is 30.3 Å². The minimum atomic E-state index is -1.11. The van der Waals surface area contributed by atoms with E-state index in [4.69, 9.17) is 4.74 Å². The average molecular weight is 306 g/mol. The highest BCUT2D eigenvalue weighted by atomic mass is 16.5. The molecule has 1 aromatic carbocycles. The summed E-state index contributed by atoms with van der Waals surface area (Å²) in [6, 6.07) is 7.89. The first-order chi connectivity index (χ1) is 10.4. The number of nitrogens with one attached hydrogen (secondary N) is 2. The maximum atomic E-state index is 11.8.